The molecule has 0 aliphatic heterocycles. The molecule has 1 N–H and O–H groups in total. The fraction of sp³-hybridized carbons (Fsp3) is 0.500. The van der Waals surface area contributed by atoms with Crippen LogP contribution in [0.2, 0.25) is 0 Å². The third kappa shape index (κ3) is 5.68. The van der Waals surface area contributed by atoms with Gasteiger partial charge in [0.25, 0.3) is 0 Å². The highest BCUT2D eigenvalue weighted by molar-refractivity contribution is 5.81. The summed E-state index contributed by atoms with van der Waals surface area (Å²) < 4.78 is 10.1. The van der Waals surface area contributed by atoms with Gasteiger partial charge < -0.3 is 14.5 Å². The number of carbonyl (C=O) groups is 1. The fourth-order valence-electron chi connectivity index (χ4n) is 1.61. The lowest BCUT2D eigenvalue weighted by molar-refractivity contribution is -0.137. The number of furan rings is 1. The molecule has 0 aliphatic carbocycles. The van der Waals surface area contributed by atoms with Crippen molar-refractivity contribution < 1.29 is 13.9 Å². The van der Waals surface area contributed by atoms with Crippen molar-refractivity contribution in [1.29, 1.82) is 0 Å². The number of rotatable bonds is 8. The minimum absolute atomic E-state index is 0.293. The van der Waals surface area contributed by atoms with Crippen LogP contribution < -0.4 is 5.32 Å². The number of nitrogens with one attached hydrogen (secondary N) is 1. The summed E-state index contributed by atoms with van der Waals surface area (Å²) >= 11 is 0. The minimum Gasteiger partial charge on any atom is -0.469 e. The molecule has 1 rings (SSSR count). The maximum Gasteiger partial charge on any atom is 0.330 e. The Kier molecular flexibility index (Phi) is 6.87. The van der Waals surface area contributed by atoms with Crippen molar-refractivity contribution in [2.24, 2.45) is 0 Å². The molecular formula is C14H21NO3. The van der Waals surface area contributed by atoms with E-state index in [1.165, 1.54) is 6.08 Å². The van der Waals surface area contributed by atoms with E-state index in [2.05, 4.69) is 12.2 Å². The van der Waals surface area contributed by atoms with Gasteiger partial charge in [0.15, 0.2) is 0 Å². The Hall–Kier alpha value is -1.55. The smallest absolute Gasteiger partial charge is 0.330 e. The van der Waals surface area contributed by atoms with E-state index in [9.17, 15) is 4.79 Å². The van der Waals surface area contributed by atoms with E-state index in [1.807, 2.05) is 12.1 Å². The van der Waals surface area contributed by atoms with Crippen molar-refractivity contribution in [3.05, 3.63) is 36.3 Å². The Morgan fingerprint density at radius 3 is 3.00 bits per heavy atom. The topological polar surface area (TPSA) is 51.5 Å². The molecule has 1 atom stereocenters. The van der Waals surface area contributed by atoms with Gasteiger partial charge in [-0.25, -0.2) is 4.79 Å². The zero-order valence-electron chi connectivity index (χ0n) is 11.0. The Morgan fingerprint density at radius 2 is 2.39 bits per heavy atom. The van der Waals surface area contributed by atoms with Crippen LogP contribution in [0.1, 0.15) is 26.0 Å². The predicted octanol–water partition coefficient (Wildman–Crippen LogP) is 2.31. The third-order valence-corrected chi connectivity index (χ3v) is 2.59. The lowest BCUT2D eigenvalue weighted by Crippen LogP contribution is -2.30. The Balaban J connectivity index is 2.25. The van der Waals surface area contributed by atoms with Crippen LogP contribution in [0.25, 0.3) is 0 Å². The van der Waals surface area contributed by atoms with Gasteiger partial charge in [-0.3, -0.25) is 0 Å². The maximum absolute atomic E-state index is 11.1. The third-order valence-electron chi connectivity index (χ3n) is 2.59. The molecule has 0 saturated heterocycles. The van der Waals surface area contributed by atoms with E-state index >= 15 is 0 Å². The van der Waals surface area contributed by atoms with Crippen LogP contribution in [0, 0.1) is 0 Å². The van der Waals surface area contributed by atoms with Crippen LogP contribution in [0.4, 0.5) is 0 Å². The summed E-state index contributed by atoms with van der Waals surface area (Å²) in [7, 11) is 0. The van der Waals surface area contributed by atoms with Crippen LogP contribution >= 0.6 is 0 Å². The fourth-order valence-corrected chi connectivity index (χ4v) is 1.61. The number of ether oxygens (including phenoxy) is 1. The summed E-state index contributed by atoms with van der Waals surface area (Å²) in [6, 6.07) is 4.21. The molecule has 0 amide bonds. The van der Waals surface area contributed by atoms with Gasteiger partial charge in [-0.2, -0.15) is 0 Å². The second-order valence-electron chi connectivity index (χ2n) is 3.95. The van der Waals surface area contributed by atoms with Crippen molar-refractivity contribution in [1.82, 2.24) is 5.32 Å². The Bertz CT molecular complexity index is 357. The van der Waals surface area contributed by atoms with E-state index in [0.717, 1.165) is 18.6 Å². The van der Waals surface area contributed by atoms with Gasteiger partial charge >= 0.3 is 5.97 Å². The summed E-state index contributed by atoms with van der Waals surface area (Å²) in [5.74, 6) is 0.683. The number of hydrogen-bond acceptors (Lipinski definition) is 4. The average Bonchev–Trinajstić information content (AvgIpc) is 2.86. The number of hydrogen-bond donors (Lipinski definition) is 1. The zero-order valence-corrected chi connectivity index (χ0v) is 11.0. The van der Waals surface area contributed by atoms with Gasteiger partial charge in [-0.1, -0.05) is 13.0 Å². The molecule has 0 radical (unpaired) electrons. The van der Waals surface area contributed by atoms with E-state index in [-0.39, 0.29) is 5.97 Å². The summed E-state index contributed by atoms with van der Waals surface area (Å²) in [6.45, 7) is 4.97. The van der Waals surface area contributed by atoms with Crippen molar-refractivity contribution in [3.8, 4) is 0 Å². The lowest BCUT2D eigenvalue weighted by atomic mass is 10.1. The van der Waals surface area contributed by atoms with Gasteiger partial charge in [-0.05, 0) is 25.5 Å². The first kappa shape index (κ1) is 14.5. The number of carbonyl (C=O) groups excluding carboxylic acids is 1. The van der Waals surface area contributed by atoms with Crippen LogP contribution in [-0.4, -0.2) is 25.2 Å². The van der Waals surface area contributed by atoms with Crippen LogP contribution in [0.5, 0.6) is 0 Å². The van der Waals surface area contributed by atoms with E-state index < -0.39 is 0 Å². The molecule has 0 spiro atoms. The van der Waals surface area contributed by atoms with Gasteiger partial charge in [-0.15, -0.1) is 0 Å². The van der Waals surface area contributed by atoms with Crippen molar-refractivity contribution in [3.63, 3.8) is 0 Å². The Morgan fingerprint density at radius 1 is 1.56 bits per heavy atom. The quantitative estimate of drug-likeness (QED) is 0.569. The van der Waals surface area contributed by atoms with Crippen molar-refractivity contribution in [2.45, 2.75) is 32.7 Å². The molecule has 0 fully saturated rings. The monoisotopic (exact) mass is 251 g/mol. The summed E-state index contributed by atoms with van der Waals surface area (Å²) in [5, 5.41) is 3.35. The number of esters is 1. The SMILES string of the molecule is CCOC(=O)/C=C/CNC(CC)Cc1ccco1. The molecule has 1 heterocycles. The molecule has 4 heteroatoms. The molecule has 4 nitrogen and oxygen atoms in total. The summed E-state index contributed by atoms with van der Waals surface area (Å²) in [6.07, 6.45) is 6.78. The zero-order chi connectivity index (χ0) is 13.2. The lowest BCUT2D eigenvalue weighted by Gasteiger charge is -2.13. The van der Waals surface area contributed by atoms with Crippen molar-refractivity contribution >= 4 is 5.97 Å². The van der Waals surface area contributed by atoms with Gasteiger partial charge in [0.2, 0.25) is 0 Å². The molecule has 1 unspecified atom stereocenters. The highest BCUT2D eigenvalue weighted by atomic mass is 16.5. The first-order chi connectivity index (χ1) is 8.76. The maximum atomic E-state index is 11.1. The van der Waals surface area contributed by atoms with E-state index in [0.29, 0.717) is 19.2 Å². The molecule has 0 saturated carbocycles. The second-order valence-corrected chi connectivity index (χ2v) is 3.95. The molecule has 0 aromatic carbocycles. The van der Waals surface area contributed by atoms with Gasteiger partial charge in [0, 0.05) is 25.1 Å². The molecule has 0 bridgehead atoms. The summed E-state index contributed by atoms with van der Waals surface area (Å²) in [4.78, 5) is 11.1. The van der Waals surface area contributed by atoms with E-state index in [1.54, 1.807) is 19.3 Å². The first-order valence-corrected chi connectivity index (χ1v) is 6.35. The van der Waals surface area contributed by atoms with Gasteiger partial charge in [0.1, 0.15) is 5.76 Å². The molecule has 0 aliphatic rings. The molecule has 1 aromatic rings. The normalized spacial score (nSPS) is 12.8. The predicted molar refractivity (Wildman–Crippen MR) is 70.3 cm³/mol. The molecular weight excluding hydrogens is 230 g/mol. The van der Waals surface area contributed by atoms with Crippen molar-refractivity contribution in [2.75, 3.05) is 13.2 Å². The Labute approximate surface area is 108 Å². The largest absolute Gasteiger partial charge is 0.469 e. The van der Waals surface area contributed by atoms with Crippen LogP contribution in [0.3, 0.4) is 0 Å². The van der Waals surface area contributed by atoms with E-state index in [4.69, 9.17) is 9.15 Å². The second kappa shape index (κ2) is 8.53. The highest BCUT2D eigenvalue weighted by Crippen LogP contribution is 2.06. The van der Waals surface area contributed by atoms with Crippen LogP contribution in [-0.2, 0) is 16.0 Å². The molecule has 1 aromatic heterocycles. The highest BCUT2D eigenvalue weighted by Gasteiger charge is 2.07. The van der Waals surface area contributed by atoms with Gasteiger partial charge in [0.05, 0.1) is 12.9 Å². The minimum atomic E-state index is -0.293. The van der Waals surface area contributed by atoms with Crippen LogP contribution in [0.15, 0.2) is 35.0 Å². The average molecular weight is 251 g/mol. The first-order valence-electron chi connectivity index (χ1n) is 6.35. The molecule has 18 heavy (non-hydrogen) atoms. The molecule has 100 valence electrons. The summed E-state index contributed by atoms with van der Waals surface area (Å²) in [5.41, 5.74) is 0. The standard InChI is InChI=1S/C14H21NO3/c1-3-12(11-13-7-6-10-18-13)15-9-5-8-14(16)17-4-2/h5-8,10,12,15H,3-4,9,11H2,1-2H3/b8-5+.